The fourth-order valence-corrected chi connectivity index (χ4v) is 1.37. The van der Waals surface area contributed by atoms with Crippen LogP contribution in [0.2, 0.25) is 0 Å². The molecule has 0 atom stereocenters. The van der Waals surface area contributed by atoms with E-state index in [9.17, 15) is 0 Å². The average molecular weight is 204 g/mol. The molecule has 2 heteroatoms. The topological polar surface area (TPSA) is 49.9 Å². The Bertz CT molecular complexity index is 331. The summed E-state index contributed by atoms with van der Waals surface area (Å²) in [6.07, 6.45) is 2.26. The van der Waals surface area contributed by atoms with Crippen LogP contribution in [0.25, 0.3) is 0 Å². The lowest BCUT2D eigenvalue weighted by molar-refractivity contribution is 0.378. The van der Waals surface area contributed by atoms with Crippen LogP contribution >= 0.6 is 0 Å². The van der Waals surface area contributed by atoms with Gasteiger partial charge in [-0.3, -0.25) is 5.41 Å². The van der Waals surface area contributed by atoms with E-state index in [0.29, 0.717) is 5.41 Å². The molecule has 0 aliphatic heterocycles. The van der Waals surface area contributed by atoms with Crippen molar-refractivity contribution in [1.82, 2.24) is 0 Å². The number of hydrogen-bond donors (Lipinski definition) is 2. The molecule has 0 aliphatic rings. The number of nitrogen functional groups attached to an aromatic ring is 1. The molecule has 0 unspecified atom stereocenters. The Morgan fingerprint density at radius 1 is 1.20 bits per heavy atom. The van der Waals surface area contributed by atoms with Crippen LogP contribution in [-0.4, -0.2) is 5.84 Å². The molecule has 2 nitrogen and oxygen atoms in total. The molecular weight excluding hydrogens is 184 g/mol. The van der Waals surface area contributed by atoms with E-state index < -0.39 is 0 Å². The maximum atomic E-state index is 7.28. The summed E-state index contributed by atoms with van der Waals surface area (Å²) in [4.78, 5) is 0. The normalized spacial score (nSPS) is 11.4. The number of amidine groups is 1. The van der Waals surface area contributed by atoms with Crippen molar-refractivity contribution in [3.8, 4) is 0 Å². The maximum absolute atomic E-state index is 7.28. The second-order valence-corrected chi connectivity index (χ2v) is 5.17. The van der Waals surface area contributed by atoms with E-state index in [2.05, 4.69) is 32.9 Å². The van der Waals surface area contributed by atoms with Gasteiger partial charge in [0.15, 0.2) is 0 Å². The van der Waals surface area contributed by atoms with Crippen molar-refractivity contribution in [2.45, 2.75) is 33.6 Å². The third-order valence-electron chi connectivity index (χ3n) is 2.43. The molecule has 0 aliphatic carbocycles. The van der Waals surface area contributed by atoms with Gasteiger partial charge in [-0.25, -0.2) is 0 Å². The van der Waals surface area contributed by atoms with Crippen LogP contribution < -0.4 is 5.73 Å². The zero-order valence-corrected chi connectivity index (χ0v) is 9.80. The highest BCUT2D eigenvalue weighted by Gasteiger charge is 2.09. The van der Waals surface area contributed by atoms with Gasteiger partial charge in [0.2, 0.25) is 0 Å². The van der Waals surface area contributed by atoms with Crippen LogP contribution in [-0.2, 0) is 6.42 Å². The highest BCUT2D eigenvalue weighted by molar-refractivity contribution is 5.94. The van der Waals surface area contributed by atoms with Crippen LogP contribution in [0.4, 0.5) is 0 Å². The highest BCUT2D eigenvalue weighted by Crippen LogP contribution is 2.21. The third kappa shape index (κ3) is 4.15. The molecular formula is C13H20N2. The van der Waals surface area contributed by atoms with E-state index in [1.54, 1.807) is 0 Å². The lowest BCUT2D eigenvalue weighted by Crippen LogP contribution is -2.11. The first-order valence-electron chi connectivity index (χ1n) is 5.32. The molecule has 0 bridgehead atoms. The minimum absolute atomic E-state index is 0.136. The molecule has 0 amide bonds. The molecule has 0 spiro atoms. The first-order chi connectivity index (χ1) is 6.88. The van der Waals surface area contributed by atoms with Crippen LogP contribution in [0.1, 0.15) is 38.3 Å². The summed E-state index contributed by atoms with van der Waals surface area (Å²) in [7, 11) is 0. The second kappa shape index (κ2) is 4.47. The summed E-state index contributed by atoms with van der Waals surface area (Å²) in [6, 6.07) is 7.95. The highest BCUT2D eigenvalue weighted by atomic mass is 14.7. The first kappa shape index (κ1) is 11.8. The summed E-state index contributed by atoms with van der Waals surface area (Å²) >= 11 is 0. The molecule has 0 saturated heterocycles. The lowest BCUT2D eigenvalue weighted by atomic mass is 9.88. The monoisotopic (exact) mass is 204 g/mol. The second-order valence-electron chi connectivity index (χ2n) is 5.17. The van der Waals surface area contributed by atoms with Crippen molar-refractivity contribution in [2.75, 3.05) is 0 Å². The SMILES string of the molecule is CC(C)(C)CCc1ccc(C(=N)N)cc1. The van der Waals surface area contributed by atoms with Gasteiger partial charge in [-0.1, -0.05) is 45.0 Å². The number of nitrogens with two attached hydrogens (primary N) is 1. The molecule has 0 heterocycles. The predicted octanol–water partition coefficient (Wildman–Crippen LogP) is 2.95. The Morgan fingerprint density at radius 2 is 1.73 bits per heavy atom. The van der Waals surface area contributed by atoms with Crippen LogP contribution in [0.3, 0.4) is 0 Å². The van der Waals surface area contributed by atoms with E-state index in [4.69, 9.17) is 11.1 Å². The Hall–Kier alpha value is -1.31. The summed E-state index contributed by atoms with van der Waals surface area (Å²) in [5.74, 6) is 0.136. The number of nitrogens with one attached hydrogen (secondary N) is 1. The minimum Gasteiger partial charge on any atom is -0.384 e. The third-order valence-corrected chi connectivity index (χ3v) is 2.43. The lowest BCUT2D eigenvalue weighted by Gasteiger charge is -2.17. The zero-order chi connectivity index (χ0) is 11.5. The van der Waals surface area contributed by atoms with Crippen molar-refractivity contribution in [3.63, 3.8) is 0 Å². The van der Waals surface area contributed by atoms with Gasteiger partial charge in [0.05, 0.1) is 0 Å². The van der Waals surface area contributed by atoms with Crippen molar-refractivity contribution in [1.29, 1.82) is 5.41 Å². The van der Waals surface area contributed by atoms with Crippen molar-refractivity contribution < 1.29 is 0 Å². The molecule has 1 aromatic rings. The van der Waals surface area contributed by atoms with Crippen molar-refractivity contribution in [2.24, 2.45) is 11.1 Å². The largest absolute Gasteiger partial charge is 0.384 e. The summed E-state index contributed by atoms with van der Waals surface area (Å²) in [5, 5.41) is 7.28. The number of rotatable bonds is 3. The summed E-state index contributed by atoms with van der Waals surface area (Å²) in [6.45, 7) is 6.74. The summed E-state index contributed by atoms with van der Waals surface area (Å²) < 4.78 is 0. The van der Waals surface area contributed by atoms with E-state index in [-0.39, 0.29) is 5.84 Å². The van der Waals surface area contributed by atoms with Gasteiger partial charge in [0.25, 0.3) is 0 Å². The molecule has 3 N–H and O–H groups in total. The van der Waals surface area contributed by atoms with Gasteiger partial charge in [0.1, 0.15) is 5.84 Å². The Morgan fingerprint density at radius 3 is 2.13 bits per heavy atom. The van der Waals surface area contributed by atoms with Crippen LogP contribution in [0, 0.1) is 10.8 Å². The first-order valence-corrected chi connectivity index (χ1v) is 5.32. The van der Waals surface area contributed by atoms with Crippen molar-refractivity contribution >= 4 is 5.84 Å². The fourth-order valence-electron chi connectivity index (χ4n) is 1.37. The van der Waals surface area contributed by atoms with Gasteiger partial charge in [-0.05, 0) is 23.8 Å². The van der Waals surface area contributed by atoms with Gasteiger partial charge in [-0.2, -0.15) is 0 Å². The van der Waals surface area contributed by atoms with Gasteiger partial charge in [0, 0.05) is 5.56 Å². The Kier molecular flexibility index (Phi) is 3.51. The average Bonchev–Trinajstić information content (AvgIpc) is 2.14. The van der Waals surface area contributed by atoms with E-state index >= 15 is 0 Å². The van der Waals surface area contributed by atoms with Gasteiger partial charge < -0.3 is 5.73 Å². The maximum Gasteiger partial charge on any atom is 0.122 e. The van der Waals surface area contributed by atoms with Crippen LogP contribution in [0.15, 0.2) is 24.3 Å². The molecule has 82 valence electrons. The van der Waals surface area contributed by atoms with Crippen molar-refractivity contribution in [3.05, 3.63) is 35.4 Å². The van der Waals surface area contributed by atoms with E-state index in [1.807, 2.05) is 12.1 Å². The number of aryl methyl sites for hydroxylation is 1. The minimum atomic E-state index is 0.136. The smallest absolute Gasteiger partial charge is 0.122 e. The molecule has 0 aromatic heterocycles. The Labute approximate surface area is 92.0 Å². The van der Waals surface area contributed by atoms with E-state index in [1.165, 1.54) is 12.0 Å². The Balaban J connectivity index is 2.61. The molecule has 0 saturated carbocycles. The molecule has 1 rings (SSSR count). The standard InChI is InChI=1S/C13H20N2/c1-13(2,3)9-8-10-4-6-11(7-5-10)12(14)15/h4-7H,8-9H2,1-3H3,(H3,14,15). The fraction of sp³-hybridized carbons (Fsp3) is 0.462. The van der Waals surface area contributed by atoms with Gasteiger partial charge >= 0.3 is 0 Å². The quantitative estimate of drug-likeness (QED) is 0.577. The zero-order valence-electron chi connectivity index (χ0n) is 9.80. The molecule has 0 fully saturated rings. The number of benzene rings is 1. The number of hydrogen-bond acceptors (Lipinski definition) is 1. The van der Waals surface area contributed by atoms with E-state index in [0.717, 1.165) is 12.0 Å². The van der Waals surface area contributed by atoms with Gasteiger partial charge in [-0.15, -0.1) is 0 Å². The predicted molar refractivity (Wildman–Crippen MR) is 65.2 cm³/mol. The summed E-state index contributed by atoms with van der Waals surface area (Å²) in [5.41, 5.74) is 7.88. The molecule has 15 heavy (non-hydrogen) atoms. The molecule has 0 radical (unpaired) electrons. The molecule has 1 aromatic carbocycles. The van der Waals surface area contributed by atoms with Crippen LogP contribution in [0.5, 0.6) is 0 Å².